The number of tetrazole rings is 1. The number of para-hydroxylation sites is 2. The summed E-state index contributed by atoms with van der Waals surface area (Å²) in [7, 11) is -1.39. The van der Waals surface area contributed by atoms with Crippen molar-refractivity contribution < 1.29 is 26.3 Å². The number of ether oxygens (including phenoxy) is 1. The van der Waals surface area contributed by atoms with Gasteiger partial charge in [-0.15, -0.1) is 33.2 Å². The molecule has 3 aromatic heterocycles. The first-order valence-electron chi connectivity index (χ1n) is 14.3. The number of thiazole rings is 1. The molecule has 20 heteroatoms. The van der Waals surface area contributed by atoms with Gasteiger partial charge in [-0.05, 0) is 67.6 Å². The lowest BCUT2D eigenvalue weighted by molar-refractivity contribution is 0.110. The summed E-state index contributed by atoms with van der Waals surface area (Å²) in [6.45, 7) is 9.33. The maximum Gasteiger partial charge on any atom is 0.523 e. The third-order valence-corrected chi connectivity index (χ3v) is 12.9. The number of rotatable bonds is 12. The minimum absolute atomic E-state index is 0.182. The van der Waals surface area contributed by atoms with Gasteiger partial charge in [0.25, 0.3) is 20.2 Å². The largest absolute Gasteiger partial charge is 0.523 e. The van der Waals surface area contributed by atoms with E-state index in [1.807, 2.05) is 86.7 Å². The molecule has 50 heavy (non-hydrogen) atoms. The van der Waals surface area contributed by atoms with Gasteiger partial charge >= 0.3 is 6.16 Å². The Morgan fingerprint density at radius 2 is 1.62 bits per heavy atom. The van der Waals surface area contributed by atoms with Crippen LogP contribution in [0.2, 0.25) is 0 Å². The third kappa shape index (κ3) is 13.2. The first-order chi connectivity index (χ1) is 24.2. The fraction of sp³-hybridized carbons (Fsp3) is 0.167. The van der Waals surface area contributed by atoms with Gasteiger partial charge in [-0.2, -0.15) is 4.68 Å². The molecule has 6 aromatic rings. The Kier molecular flexibility index (Phi) is 16.3. The highest BCUT2D eigenvalue weighted by Gasteiger charge is 2.15. The fourth-order valence-corrected chi connectivity index (χ4v) is 10.1. The molecular formula is C30H29N7O6S7. The molecule has 0 saturated heterocycles. The maximum absolute atomic E-state index is 11.7. The van der Waals surface area contributed by atoms with E-state index in [9.17, 15) is 13.2 Å². The molecule has 0 amide bonds. The van der Waals surface area contributed by atoms with Gasteiger partial charge in [0.1, 0.15) is 10.8 Å². The predicted molar refractivity (Wildman–Crippen MR) is 202 cm³/mol. The molecule has 0 aliphatic rings. The van der Waals surface area contributed by atoms with Crippen molar-refractivity contribution in [1.29, 1.82) is 0 Å². The molecule has 2 unspecified atom stereocenters. The summed E-state index contributed by atoms with van der Waals surface area (Å²) in [4.78, 5) is 15.2. The van der Waals surface area contributed by atoms with Crippen LogP contribution in [0.15, 0.2) is 105 Å². The van der Waals surface area contributed by atoms with Gasteiger partial charge in [0.15, 0.2) is 8.68 Å². The number of hydrogen-bond acceptors (Lipinski definition) is 17. The second kappa shape index (κ2) is 20.9. The minimum Gasteiger partial charge on any atom is -0.434 e. The molecule has 6 rings (SSSR count). The average molecular weight is 808 g/mol. The Labute approximate surface area is 312 Å². The van der Waals surface area contributed by atoms with E-state index >= 15 is 0 Å². The summed E-state index contributed by atoms with van der Waals surface area (Å²) in [5.41, 5.74) is 2.93. The van der Waals surface area contributed by atoms with E-state index in [4.69, 9.17) is 4.18 Å². The van der Waals surface area contributed by atoms with Crippen LogP contribution in [0.4, 0.5) is 4.79 Å². The summed E-state index contributed by atoms with van der Waals surface area (Å²) in [5, 5.41) is 20.9. The number of carbonyl (C=O) groups is 1. The van der Waals surface area contributed by atoms with Crippen LogP contribution in [0.1, 0.15) is 17.5 Å². The smallest absolute Gasteiger partial charge is 0.434 e. The molecule has 13 nitrogen and oxygen atoms in total. The van der Waals surface area contributed by atoms with Crippen LogP contribution >= 0.6 is 56.0 Å². The van der Waals surface area contributed by atoms with Crippen molar-refractivity contribution in [3.05, 3.63) is 102 Å². The highest BCUT2D eigenvalue weighted by molar-refractivity contribution is 8.68. The van der Waals surface area contributed by atoms with Crippen molar-refractivity contribution in [2.24, 2.45) is 0 Å². The highest BCUT2D eigenvalue weighted by atomic mass is 33.1. The van der Waals surface area contributed by atoms with Crippen LogP contribution in [0.5, 0.6) is 5.75 Å². The first kappa shape index (κ1) is 39.1. The number of nitrogens with zero attached hydrogens (tertiary/aromatic N) is 7. The molecular weight excluding hydrogens is 779 g/mol. The number of hydrogen-bond donors (Lipinski definition) is 0. The molecule has 0 aliphatic heterocycles. The zero-order valence-corrected chi connectivity index (χ0v) is 32.4. The zero-order valence-electron chi connectivity index (χ0n) is 26.6. The van der Waals surface area contributed by atoms with Crippen LogP contribution in [0, 0.1) is 13.8 Å². The van der Waals surface area contributed by atoms with Crippen LogP contribution in [-0.4, -0.2) is 62.3 Å². The van der Waals surface area contributed by atoms with E-state index in [-0.39, 0.29) is 6.61 Å². The Hall–Kier alpha value is -3.66. The summed E-state index contributed by atoms with van der Waals surface area (Å²) in [6, 6.07) is 24.8. The average Bonchev–Trinajstić information content (AvgIpc) is 3.85. The van der Waals surface area contributed by atoms with Gasteiger partial charge in [-0.1, -0.05) is 77.2 Å². The zero-order chi connectivity index (χ0) is 35.7. The molecule has 0 radical (unpaired) electrons. The van der Waals surface area contributed by atoms with Crippen molar-refractivity contribution in [2.45, 2.75) is 34.6 Å². The minimum atomic E-state index is -1.84. The van der Waals surface area contributed by atoms with E-state index in [0.29, 0.717) is 14.4 Å². The van der Waals surface area contributed by atoms with Gasteiger partial charge in [0, 0.05) is 16.5 Å². The summed E-state index contributed by atoms with van der Waals surface area (Å²) in [5.74, 6) is 1.38. The van der Waals surface area contributed by atoms with Gasteiger partial charge < -0.3 is 13.1 Å². The normalized spacial score (nSPS) is 11.7. The highest BCUT2D eigenvalue weighted by Crippen LogP contribution is 2.32. The predicted octanol–water partition coefficient (Wildman–Crippen LogP) is 7.99. The van der Waals surface area contributed by atoms with Crippen LogP contribution < -0.4 is 4.18 Å². The SMILES string of the molecule is C=CCSc1nnnn1-c1ccccc1.CCOC(=O)OS(=O)Sc1nc2ccccc2s1.Cc1ccc(OS(=O)Sc2nnc(C)s2)cc1. The van der Waals surface area contributed by atoms with Crippen molar-refractivity contribution >= 4 is 92.6 Å². The van der Waals surface area contributed by atoms with Crippen LogP contribution in [-0.2, 0) is 29.1 Å². The quantitative estimate of drug-likeness (QED) is 0.0506. The second-order valence-corrected chi connectivity index (χ2v) is 17.7. The number of aryl methyl sites for hydroxylation is 2. The molecule has 262 valence electrons. The molecule has 0 bridgehead atoms. The topological polar surface area (TPSA) is 161 Å². The molecule has 0 saturated carbocycles. The number of carbonyl (C=O) groups excluding carboxylic acids is 1. The van der Waals surface area contributed by atoms with Crippen LogP contribution in [0.3, 0.4) is 0 Å². The van der Waals surface area contributed by atoms with Gasteiger partial charge in [0.05, 0.1) is 33.3 Å². The maximum atomic E-state index is 11.7. The molecule has 2 atom stereocenters. The van der Waals surface area contributed by atoms with Gasteiger partial charge in [-0.3, -0.25) is 0 Å². The van der Waals surface area contributed by atoms with E-state index < -0.39 is 26.4 Å². The number of aromatic nitrogens is 7. The lowest BCUT2D eigenvalue weighted by atomic mass is 10.2. The van der Waals surface area contributed by atoms with E-state index in [2.05, 4.69) is 46.2 Å². The van der Waals surface area contributed by atoms with E-state index in [0.717, 1.165) is 59.0 Å². The second-order valence-electron chi connectivity index (χ2n) is 9.08. The lowest BCUT2D eigenvalue weighted by Crippen LogP contribution is -2.07. The number of fused-ring (bicyclic) bond motifs is 1. The monoisotopic (exact) mass is 807 g/mol. The molecule has 0 N–H and O–H groups in total. The number of thioether (sulfide) groups is 1. The van der Waals surface area contributed by atoms with E-state index in [1.165, 1.54) is 22.7 Å². The van der Waals surface area contributed by atoms with Crippen molar-refractivity contribution in [3.8, 4) is 11.4 Å². The molecule has 3 heterocycles. The molecule has 3 aromatic carbocycles. The van der Waals surface area contributed by atoms with E-state index in [1.54, 1.807) is 35.5 Å². The van der Waals surface area contributed by atoms with Crippen molar-refractivity contribution in [1.82, 2.24) is 35.4 Å². The Morgan fingerprint density at radius 1 is 0.900 bits per heavy atom. The van der Waals surface area contributed by atoms with Gasteiger partial charge in [0.2, 0.25) is 5.16 Å². The molecule has 0 spiro atoms. The number of benzene rings is 3. The Bertz CT molecular complexity index is 1970. The van der Waals surface area contributed by atoms with Crippen molar-refractivity contribution in [3.63, 3.8) is 0 Å². The molecule has 0 fully saturated rings. The summed E-state index contributed by atoms with van der Waals surface area (Å²) >= 11 is 4.35. The summed E-state index contributed by atoms with van der Waals surface area (Å²) < 4.78 is 41.4. The van der Waals surface area contributed by atoms with Crippen molar-refractivity contribution in [2.75, 3.05) is 12.4 Å². The lowest BCUT2D eigenvalue weighted by Gasteiger charge is -2.02. The summed E-state index contributed by atoms with van der Waals surface area (Å²) in [6.07, 6.45) is 0.888. The standard InChI is InChI=1S/C10H10N4S.C10H10N2O2S3.C10H9NO4S3/c1-2-8-15-10-11-12-13-14(10)9-6-4-3-5-7-9;1-7-3-5-9(6-4-7)14-17(13)16-10-12-11-8(2)15-10;1-2-14-10(12)15-18(13)17-9-11-7-5-3-4-6-8(7)16-9/h2-7H,1,8H2;3-6H,1-2H3;3-6H,2H2,1H3. The third-order valence-electron chi connectivity index (χ3n) is 5.42. The fourth-order valence-electron chi connectivity index (χ4n) is 3.35. The Morgan fingerprint density at radius 3 is 2.30 bits per heavy atom. The molecule has 0 aliphatic carbocycles. The van der Waals surface area contributed by atoms with Gasteiger partial charge in [-0.25, -0.2) is 18.2 Å². The van der Waals surface area contributed by atoms with Crippen LogP contribution in [0.25, 0.3) is 15.9 Å². The first-order valence-corrected chi connectivity index (χ1v) is 21.7. The Balaban J connectivity index is 0.000000169.